The summed E-state index contributed by atoms with van der Waals surface area (Å²) in [5.74, 6) is 3.83. The van der Waals surface area contributed by atoms with E-state index in [1.165, 1.54) is 0 Å². The van der Waals surface area contributed by atoms with E-state index in [0.29, 0.717) is 45.3 Å². The van der Waals surface area contributed by atoms with Crippen LogP contribution in [0, 0.1) is 0 Å². The van der Waals surface area contributed by atoms with Gasteiger partial charge in [-0.1, -0.05) is 72.3 Å². The molecule has 9 heteroatoms. The first-order valence-corrected chi connectivity index (χ1v) is 16.0. The Hall–Kier alpha value is -5.86. The molecule has 0 fully saturated rings. The van der Waals surface area contributed by atoms with Gasteiger partial charge in [-0.15, -0.1) is 0 Å². The zero-order chi connectivity index (χ0) is 33.9. The first kappa shape index (κ1) is 31.7. The third-order valence-electron chi connectivity index (χ3n) is 8.40. The largest absolute Gasteiger partial charge is 0.497 e. The number of aliphatic imine (C=N–C) groups is 3. The van der Waals surface area contributed by atoms with Gasteiger partial charge in [0, 0.05) is 16.7 Å². The first-order valence-electron chi connectivity index (χ1n) is 15.6. The Morgan fingerprint density at radius 3 is 1.57 bits per heavy atom. The lowest BCUT2D eigenvalue weighted by Gasteiger charge is -2.29. The van der Waals surface area contributed by atoms with Crippen molar-refractivity contribution in [2.24, 2.45) is 15.0 Å². The maximum Gasteiger partial charge on any atom is 0.197 e. The van der Waals surface area contributed by atoms with Crippen LogP contribution in [0.2, 0.25) is 5.02 Å². The monoisotopic (exact) mass is 668 g/mol. The molecule has 2 aliphatic heterocycles. The van der Waals surface area contributed by atoms with Crippen LogP contribution in [0.1, 0.15) is 28.3 Å². The van der Waals surface area contributed by atoms with Crippen molar-refractivity contribution in [2.75, 3.05) is 33.3 Å². The van der Waals surface area contributed by atoms with E-state index in [2.05, 4.69) is 11.0 Å². The van der Waals surface area contributed by atoms with Gasteiger partial charge in [-0.3, -0.25) is 0 Å². The zero-order valence-corrected chi connectivity index (χ0v) is 28.2. The van der Waals surface area contributed by atoms with Crippen molar-refractivity contribution in [1.29, 1.82) is 0 Å². The number of benzene rings is 5. The Balaban J connectivity index is 1.53. The molecule has 0 N–H and O–H groups in total. The molecule has 49 heavy (non-hydrogen) atoms. The molecular weight excluding hydrogens is 636 g/mol. The van der Waals surface area contributed by atoms with Crippen molar-refractivity contribution < 1.29 is 18.9 Å². The topological polar surface area (TPSA) is 77.2 Å². The fourth-order valence-electron chi connectivity index (χ4n) is 6.04. The van der Waals surface area contributed by atoms with Crippen molar-refractivity contribution in [3.8, 4) is 23.0 Å². The minimum Gasteiger partial charge on any atom is -0.497 e. The van der Waals surface area contributed by atoms with Gasteiger partial charge in [-0.2, -0.15) is 0 Å². The summed E-state index contributed by atoms with van der Waals surface area (Å²) in [5.41, 5.74) is 6.41. The molecule has 7 rings (SSSR count). The molecular formula is C40H33ClN4O4. The SMILES string of the molecule is COc1cccc(C2=NC(=C3N=C(c4cccc(OC)c4)C(c4cccc(OC)c4)N3c3ccccc3Cl)N=C2c2cccc(OC)c2)c1. The molecule has 1 atom stereocenters. The summed E-state index contributed by atoms with van der Waals surface area (Å²) in [5, 5.41) is 0.558. The van der Waals surface area contributed by atoms with Crippen LogP contribution >= 0.6 is 11.6 Å². The lowest BCUT2D eigenvalue weighted by molar-refractivity contribution is 0.414. The molecule has 0 aliphatic carbocycles. The maximum absolute atomic E-state index is 6.99. The van der Waals surface area contributed by atoms with E-state index >= 15 is 0 Å². The van der Waals surface area contributed by atoms with Gasteiger partial charge < -0.3 is 23.8 Å². The summed E-state index contributed by atoms with van der Waals surface area (Å²) >= 11 is 6.99. The van der Waals surface area contributed by atoms with Crippen molar-refractivity contribution in [1.82, 2.24) is 0 Å². The highest BCUT2D eigenvalue weighted by Crippen LogP contribution is 2.45. The Morgan fingerprint density at radius 2 is 1.02 bits per heavy atom. The fraction of sp³-hybridized carbons (Fsp3) is 0.125. The normalized spacial score (nSPS) is 15.5. The molecule has 0 saturated carbocycles. The van der Waals surface area contributed by atoms with Crippen molar-refractivity contribution >= 4 is 34.4 Å². The number of halogens is 1. The van der Waals surface area contributed by atoms with Crippen LogP contribution in [0.5, 0.6) is 23.0 Å². The second kappa shape index (κ2) is 13.7. The number of anilines is 1. The van der Waals surface area contributed by atoms with Crippen molar-refractivity contribution in [3.05, 3.63) is 160 Å². The highest BCUT2D eigenvalue weighted by molar-refractivity contribution is 6.55. The molecule has 0 spiro atoms. The smallest absolute Gasteiger partial charge is 0.197 e. The molecule has 0 bridgehead atoms. The molecule has 5 aromatic carbocycles. The molecule has 244 valence electrons. The third kappa shape index (κ3) is 6.14. The summed E-state index contributed by atoms with van der Waals surface area (Å²) in [7, 11) is 6.61. The van der Waals surface area contributed by atoms with Gasteiger partial charge in [0.15, 0.2) is 11.6 Å². The quantitative estimate of drug-likeness (QED) is 0.157. The van der Waals surface area contributed by atoms with Crippen LogP contribution in [0.4, 0.5) is 5.69 Å². The average molecular weight is 669 g/mol. The molecule has 0 amide bonds. The van der Waals surface area contributed by atoms with Gasteiger partial charge in [0.25, 0.3) is 0 Å². The van der Waals surface area contributed by atoms with Crippen LogP contribution in [0.15, 0.2) is 148 Å². The van der Waals surface area contributed by atoms with E-state index in [0.717, 1.165) is 39.4 Å². The summed E-state index contributed by atoms with van der Waals surface area (Å²) in [6.45, 7) is 0. The fourth-order valence-corrected chi connectivity index (χ4v) is 6.27. The van der Waals surface area contributed by atoms with Crippen molar-refractivity contribution in [3.63, 3.8) is 0 Å². The third-order valence-corrected chi connectivity index (χ3v) is 8.72. The van der Waals surface area contributed by atoms with Gasteiger partial charge in [0.1, 0.15) is 29.0 Å². The lowest BCUT2D eigenvalue weighted by Crippen LogP contribution is -2.28. The molecule has 1 unspecified atom stereocenters. The van der Waals surface area contributed by atoms with E-state index in [4.69, 9.17) is 45.5 Å². The predicted octanol–water partition coefficient (Wildman–Crippen LogP) is 8.54. The zero-order valence-electron chi connectivity index (χ0n) is 27.4. The van der Waals surface area contributed by atoms with Gasteiger partial charge in [-0.25, -0.2) is 15.0 Å². The van der Waals surface area contributed by atoms with E-state index in [1.54, 1.807) is 28.4 Å². The second-order valence-electron chi connectivity index (χ2n) is 11.3. The molecule has 2 aliphatic rings. The average Bonchev–Trinajstić information content (AvgIpc) is 3.78. The number of rotatable bonds is 9. The number of hydrogen-bond donors (Lipinski definition) is 0. The van der Waals surface area contributed by atoms with Crippen LogP contribution in [0.25, 0.3) is 0 Å². The van der Waals surface area contributed by atoms with Crippen molar-refractivity contribution in [2.45, 2.75) is 6.04 Å². The standard InChI is InChI=1S/C40H33ClN4O4/c1-46-29-15-7-11-25(21-29)35-36(26-12-8-16-30(22-26)47-2)43-39(42-35)40-44-37(27-13-9-17-31(23-27)48-3)38(28-14-10-18-32(24-28)49-4)45(40)34-20-6-5-19-33(34)41/h5-24,38H,1-4H3. The Labute approximate surface area is 290 Å². The number of nitrogens with zero attached hydrogens (tertiary/aromatic N) is 4. The van der Waals surface area contributed by atoms with Crippen LogP contribution in [-0.2, 0) is 0 Å². The molecule has 8 nitrogen and oxygen atoms in total. The maximum atomic E-state index is 6.99. The molecule has 2 heterocycles. The summed E-state index contributed by atoms with van der Waals surface area (Å²) in [4.78, 5) is 17.9. The summed E-state index contributed by atoms with van der Waals surface area (Å²) in [6, 6.07) is 38.7. The van der Waals surface area contributed by atoms with Crippen LogP contribution < -0.4 is 23.8 Å². The number of hydrogen-bond acceptors (Lipinski definition) is 8. The van der Waals surface area contributed by atoms with E-state index in [-0.39, 0.29) is 0 Å². The van der Waals surface area contributed by atoms with E-state index in [1.807, 2.05) is 115 Å². The summed E-state index contributed by atoms with van der Waals surface area (Å²) < 4.78 is 22.5. The van der Waals surface area contributed by atoms with Gasteiger partial charge >= 0.3 is 0 Å². The number of para-hydroxylation sites is 1. The number of ether oxygens (including phenoxy) is 4. The Kier molecular flexibility index (Phi) is 8.87. The lowest BCUT2D eigenvalue weighted by atomic mass is 9.95. The molecule has 0 aromatic heterocycles. The highest BCUT2D eigenvalue weighted by Gasteiger charge is 2.40. The Morgan fingerprint density at radius 1 is 0.531 bits per heavy atom. The van der Waals surface area contributed by atoms with Gasteiger partial charge in [0.2, 0.25) is 0 Å². The van der Waals surface area contributed by atoms with Crippen LogP contribution in [-0.4, -0.2) is 45.6 Å². The van der Waals surface area contributed by atoms with E-state index in [9.17, 15) is 0 Å². The second-order valence-corrected chi connectivity index (χ2v) is 11.7. The number of methoxy groups -OCH3 is 4. The molecule has 0 radical (unpaired) electrons. The summed E-state index contributed by atoms with van der Waals surface area (Å²) in [6.07, 6.45) is 0. The molecule has 0 saturated heterocycles. The van der Waals surface area contributed by atoms with Gasteiger partial charge in [-0.05, 0) is 66.2 Å². The predicted molar refractivity (Wildman–Crippen MR) is 195 cm³/mol. The van der Waals surface area contributed by atoms with E-state index < -0.39 is 6.04 Å². The highest BCUT2D eigenvalue weighted by atomic mass is 35.5. The Bertz CT molecular complexity index is 2110. The minimum absolute atomic E-state index is 0.420. The van der Waals surface area contributed by atoms with Gasteiger partial charge in [0.05, 0.1) is 56.3 Å². The first-order chi connectivity index (χ1) is 24.0. The molecule has 5 aromatic rings. The van der Waals surface area contributed by atoms with Crippen LogP contribution in [0.3, 0.4) is 0 Å². The minimum atomic E-state index is -0.420.